The minimum atomic E-state index is -0.116. The van der Waals surface area contributed by atoms with Crippen LogP contribution in [-0.4, -0.2) is 44.2 Å². The zero-order valence-electron chi connectivity index (χ0n) is 18.7. The first kappa shape index (κ1) is 22.1. The van der Waals surface area contributed by atoms with Gasteiger partial charge in [0.15, 0.2) is 5.82 Å². The van der Waals surface area contributed by atoms with E-state index in [1.807, 2.05) is 72.9 Å². The Morgan fingerprint density at radius 2 is 1.76 bits per heavy atom. The normalized spacial score (nSPS) is 13.2. The van der Waals surface area contributed by atoms with E-state index in [1.165, 1.54) is 24.6 Å². The molecule has 1 saturated heterocycles. The monoisotopic (exact) mass is 471 g/mol. The highest BCUT2D eigenvalue weighted by atomic mass is 32.2. The lowest BCUT2D eigenvalue weighted by Crippen LogP contribution is -2.24. The van der Waals surface area contributed by atoms with Crippen molar-refractivity contribution in [3.05, 3.63) is 89.9 Å². The number of tetrazole rings is 1. The fourth-order valence-corrected chi connectivity index (χ4v) is 4.88. The molecular weight excluding hydrogens is 446 g/mol. The number of hydrogen-bond donors (Lipinski definition) is 1. The topological polar surface area (TPSA) is 88.8 Å². The molecule has 1 amide bonds. The van der Waals surface area contributed by atoms with Gasteiger partial charge in [0.25, 0.3) is 5.91 Å². The molecule has 34 heavy (non-hydrogen) atoms. The van der Waals surface area contributed by atoms with Crippen molar-refractivity contribution < 1.29 is 4.79 Å². The van der Waals surface area contributed by atoms with Gasteiger partial charge in [-0.05, 0) is 59.2 Å². The Balaban J connectivity index is 1.22. The van der Waals surface area contributed by atoms with Crippen LogP contribution in [0.2, 0.25) is 0 Å². The van der Waals surface area contributed by atoms with E-state index >= 15 is 0 Å². The van der Waals surface area contributed by atoms with E-state index in [4.69, 9.17) is 0 Å². The van der Waals surface area contributed by atoms with Crippen LogP contribution >= 0.6 is 11.8 Å². The third kappa shape index (κ3) is 5.09. The molecule has 0 atom stereocenters. The lowest BCUT2D eigenvalue weighted by Gasteiger charge is -2.16. The molecular formula is C25H25N7OS. The zero-order valence-corrected chi connectivity index (χ0v) is 19.5. The van der Waals surface area contributed by atoms with Gasteiger partial charge in [-0.1, -0.05) is 36.4 Å². The van der Waals surface area contributed by atoms with Crippen LogP contribution in [0, 0.1) is 0 Å². The van der Waals surface area contributed by atoms with E-state index in [9.17, 15) is 4.79 Å². The minimum absolute atomic E-state index is 0.116. The van der Waals surface area contributed by atoms with Crippen LogP contribution in [0.5, 0.6) is 0 Å². The predicted molar refractivity (Wildman–Crippen MR) is 132 cm³/mol. The summed E-state index contributed by atoms with van der Waals surface area (Å²) in [6, 6.07) is 21.4. The molecule has 5 rings (SSSR count). The van der Waals surface area contributed by atoms with Gasteiger partial charge >= 0.3 is 0 Å². The molecule has 0 radical (unpaired) electrons. The summed E-state index contributed by atoms with van der Waals surface area (Å²) in [5, 5.41) is 15.1. The van der Waals surface area contributed by atoms with Crippen molar-refractivity contribution in [2.24, 2.45) is 0 Å². The van der Waals surface area contributed by atoms with Crippen molar-refractivity contribution in [2.45, 2.75) is 30.0 Å². The van der Waals surface area contributed by atoms with Crippen molar-refractivity contribution in [1.82, 2.24) is 30.5 Å². The highest BCUT2D eigenvalue weighted by molar-refractivity contribution is 7.98. The molecule has 2 aromatic heterocycles. The number of amides is 1. The van der Waals surface area contributed by atoms with Crippen molar-refractivity contribution in [3.8, 4) is 5.69 Å². The number of nitrogens with zero attached hydrogens (tertiary/aromatic N) is 6. The van der Waals surface area contributed by atoms with Crippen molar-refractivity contribution >= 4 is 23.5 Å². The summed E-state index contributed by atoms with van der Waals surface area (Å²) in [5.41, 5.74) is 2.51. The van der Waals surface area contributed by atoms with Crippen molar-refractivity contribution in [1.29, 1.82) is 0 Å². The first-order valence-electron chi connectivity index (χ1n) is 11.3. The molecule has 0 bridgehead atoms. The summed E-state index contributed by atoms with van der Waals surface area (Å²) in [4.78, 5) is 20.7. The van der Waals surface area contributed by atoms with Crippen LogP contribution in [-0.2, 0) is 12.3 Å². The van der Waals surface area contributed by atoms with Gasteiger partial charge < -0.3 is 10.2 Å². The van der Waals surface area contributed by atoms with E-state index in [2.05, 4.69) is 30.7 Å². The molecule has 4 aromatic rings. The second kappa shape index (κ2) is 10.5. The molecule has 0 spiro atoms. The van der Waals surface area contributed by atoms with Gasteiger partial charge in [0.2, 0.25) is 0 Å². The second-order valence-corrected chi connectivity index (χ2v) is 9.05. The molecule has 0 unspecified atom stereocenters. The van der Waals surface area contributed by atoms with E-state index in [-0.39, 0.29) is 5.91 Å². The largest absolute Gasteiger partial charge is 0.357 e. The van der Waals surface area contributed by atoms with Gasteiger partial charge in [0, 0.05) is 30.7 Å². The Hall–Kier alpha value is -3.72. The average molecular weight is 472 g/mol. The first-order valence-corrected chi connectivity index (χ1v) is 12.3. The van der Waals surface area contributed by atoms with Crippen LogP contribution in [0.25, 0.3) is 5.69 Å². The number of pyridine rings is 1. The molecule has 1 fully saturated rings. The SMILES string of the molecule is O=C(NCc1ccc(N2CCCC2)nc1)c1ccccc1SCc1nnnn1-c1ccccc1. The third-order valence-corrected chi connectivity index (χ3v) is 6.79. The summed E-state index contributed by atoms with van der Waals surface area (Å²) in [6.07, 6.45) is 4.29. The Kier molecular flexibility index (Phi) is 6.81. The maximum atomic E-state index is 13.0. The Labute approximate surface area is 202 Å². The van der Waals surface area contributed by atoms with Gasteiger partial charge in [-0.15, -0.1) is 16.9 Å². The van der Waals surface area contributed by atoms with Gasteiger partial charge in [-0.25, -0.2) is 4.98 Å². The number of thioether (sulfide) groups is 1. The fraction of sp³-hybridized carbons (Fsp3) is 0.240. The number of rotatable bonds is 8. The van der Waals surface area contributed by atoms with E-state index in [1.54, 1.807) is 4.68 Å². The molecule has 0 saturated carbocycles. The van der Waals surface area contributed by atoms with Crippen LogP contribution in [0.4, 0.5) is 5.82 Å². The molecule has 1 N–H and O–H groups in total. The number of carbonyl (C=O) groups excluding carboxylic acids is 1. The maximum absolute atomic E-state index is 13.0. The number of benzene rings is 2. The smallest absolute Gasteiger partial charge is 0.252 e. The molecule has 0 aliphatic carbocycles. The molecule has 8 nitrogen and oxygen atoms in total. The summed E-state index contributed by atoms with van der Waals surface area (Å²) in [6.45, 7) is 2.56. The predicted octanol–water partition coefficient (Wildman–Crippen LogP) is 3.88. The second-order valence-electron chi connectivity index (χ2n) is 8.03. The lowest BCUT2D eigenvalue weighted by atomic mass is 10.2. The van der Waals surface area contributed by atoms with Crippen LogP contribution in [0.15, 0.2) is 77.8 Å². The summed E-state index contributed by atoms with van der Waals surface area (Å²) < 4.78 is 1.72. The molecule has 3 heterocycles. The third-order valence-electron chi connectivity index (χ3n) is 5.72. The van der Waals surface area contributed by atoms with Gasteiger partial charge in [0.05, 0.1) is 17.0 Å². The summed E-state index contributed by atoms with van der Waals surface area (Å²) in [5.74, 6) is 2.14. The van der Waals surface area contributed by atoms with Crippen molar-refractivity contribution in [2.75, 3.05) is 18.0 Å². The lowest BCUT2D eigenvalue weighted by molar-refractivity contribution is 0.0948. The highest BCUT2D eigenvalue weighted by Gasteiger charge is 2.15. The van der Waals surface area contributed by atoms with Crippen LogP contribution < -0.4 is 10.2 Å². The molecule has 2 aromatic carbocycles. The van der Waals surface area contributed by atoms with Crippen molar-refractivity contribution in [3.63, 3.8) is 0 Å². The fourth-order valence-electron chi connectivity index (χ4n) is 3.92. The average Bonchev–Trinajstić information content (AvgIpc) is 3.60. The maximum Gasteiger partial charge on any atom is 0.252 e. The van der Waals surface area contributed by atoms with Crippen LogP contribution in [0.1, 0.15) is 34.6 Å². The van der Waals surface area contributed by atoms with Gasteiger partial charge in [-0.3, -0.25) is 4.79 Å². The highest BCUT2D eigenvalue weighted by Crippen LogP contribution is 2.26. The van der Waals surface area contributed by atoms with Gasteiger partial charge in [0.1, 0.15) is 5.82 Å². The Morgan fingerprint density at radius 3 is 2.56 bits per heavy atom. The quantitative estimate of drug-likeness (QED) is 0.390. The summed E-state index contributed by atoms with van der Waals surface area (Å²) >= 11 is 1.54. The number of anilines is 1. The molecule has 1 aliphatic heterocycles. The number of nitrogens with one attached hydrogen (secondary N) is 1. The van der Waals surface area contributed by atoms with Gasteiger partial charge in [-0.2, -0.15) is 4.68 Å². The van der Waals surface area contributed by atoms with E-state index in [0.717, 1.165) is 40.9 Å². The Morgan fingerprint density at radius 1 is 0.971 bits per heavy atom. The molecule has 9 heteroatoms. The zero-order chi connectivity index (χ0) is 23.2. The van der Waals surface area contributed by atoms with E-state index < -0.39 is 0 Å². The Bertz CT molecular complexity index is 1240. The summed E-state index contributed by atoms with van der Waals surface area (Å²) in [7, 11) is 0. The minimum Gasteiger partial charge on any atom is -0.357 e. The first-order chi connectivity index (χ1) is 16.8. The molecule has 1 aliphatic rings. The molecule has 172 valence electrons. The number of para-hydroxylation sites is 1. The van der Waals surface area contributed by atoms with Crippen LogP contribution in [0.3, 0.4) is 0 Å². The number of hydrogen-bond acceptors (Lipinski definition) is 7. The number of carbonyl (C=O) groups is 1. The van der Waals surface area contributed by atoms with E-state index in [0.29, 0.717) is 17.9 Å². The standard InChI is InChI=1S/C25H25N7OS/c33-25(27-17-19-12-13-23(26-16-19)31-14-6-7-15-31)21-10-4-5-11-22(21)34-18-24-28-29-30-32(24)20-8-2-1-3-9-20/h1-5,8-13,16H,6-7,14-15,17-18H2,(H,27,33). The number of aromatic nitrogens is 5.